The molecule has 17 heavy (non-hydrogen) atoms. The first kappa shape index (κ1) is 13.5. The molecule has 0 aromatic rings. The summed E-state index contributed by atoms with van der Waals surface area (Å²) in [5, 5.41) is 3.71. The average molecular weight is 258 g/mol. The maximum Gasteiger partial charge on any atom is 0.0363 e. The summed E-state index contributed by atoms with van der Waals surface area (Å²) in [5.74, 6) is 2.59. The fourth-order valence-corrected chi connectivity index (χ4v) is 4.05. The van der Waals surface area contributed by atoms with Crippen molar-refractivity contribution in [3.05, 3.63) is 0 Å². The van der Waals surface area contributed by atoms with E-state index in [9.17, 15) is 4.21 Å². The molecule has 0 radical (unpaired) electrons. The van der Waals surface area contributed by atoms with Crippen molar-refractivity contribution in [2.45, 2.75) is 38.6 Å². The van der Waals surface area contributed by atoms with E-state index >= 15 is 0 Å². The van der Waals surface area contributed by atoms with Crippen LogP contribution < -0.4 is 5.32 Å². The van der Waals surface area contributed by atoms with E-state index in [0.29, 0.717) is 0 Å². The van der Waals surface area contributed by atoms with Crippen molar-refractivity contribution in [3.63, 3.8) is 0 Å². The molecular formula is C13H26N2OS. The molecule has 2 rings (SSSR count). The summed E-state index contributed by atoms with van der Waals surface area (Å²) in [7, 11) is -0.539. The number of nitrogens with zero attached hydrogens (tertiary/aromatic N) is 1. The molecule has 0 amide bonds. The first-order valence-electron chi connectivity index (χ1n) is 7.06. The minimum atomic E-state index is -0.539. The highest BCUT2D eigenvalue weighted by Crippen LogP contribution is 2.23. The second-order valence-corrected chi connectivity index (χ2v) is 7.21. The van der Waals surface area contributed by atoms with Crippen LogP contribution in [0.25, 0.3) is 0 Å². The summed E-state index contributed by atoms with van der Waals surface area (Å²) < 4.78 is 11.2. The van der Waals surface area contributed by atoms with E-state index in [-0.39, 0.29) is 0 Å². The molecule has 3 nitrogen and oxygen atoms in total. The smallest absolute Gasteiger partial charge is 0.0363 e. The summed E-state index contributed by atoms with van der Waals surface area (Å²) in [5.41, 5.74) is 0. The third-order valence-electron chi connectivity index (χ3n) is 4.22. The highest BCUT2D eigenvalue weighted by Gasteiger charge is 2.21. The largest absolute Gasteiger partial charge is 0.312 e. The van der Waals surface area contributed by atoms with Crippen molar-refractivity contribution in [1.82, 2.24) is 10.2 Å². The number of rotatable bonds is 4. The van der Waals surface area contributed by atoms with Gasteiger partial charge in [0.2, 0.25) is 0 Å². The number of hydrogen-bond donors (Lipinski definition) is 1. The van der Waals surface area contributed by atoms with E-state index in [1.165, 1.54) is 25.7 Å². The zero-order valence-electron chi connectivity index (χ0n) is 11.0. The van der Waals surface area contributed by atoms with Gasteiger partial charge in [-0.2, -0.15) is 0 Å². The second-order valence-electron chi connectivity index (χ2n) is 5.51. The quantitative estimate of drug-likeness (QED) is 0.823. The van der Waals surface area contributed by atoms with E-state index in [0.717, 1.165) is 49.6 Å². The zero-order valence-corrected chi connectivity index (χ0v) is 11.8. The third-order valence-corrected chi connectivity index (χ3v) is 5.49. The molecule has 1 N–H and O–H groups in total. The van der Waals surface area contributed by atoms with Crippen LogP contribution >= 0.6 is 0 Å². The Kier molecular flexibility index (Phi) is 5.45. The topological polar surface area (TPSA) is 32.3 Å². The van der Waals surface area contributed by atoms with Crippen LogP contribution in [0.1, 0.15) is 32.6 Å². The first-order chi connectivity index (χ1) is 8.25. The summed E-state index contributed by atoms with van der Waals surface area (Å²) >= 11 is 0. The van der Waals surface area contributed by atoms with Crippen LogP contribution in [-0.2, 0) is 10.8 Å². The Bertz CT molecular complexity index is 250. The van der Waals surface area contributed by atoms with Gasteiger partial charge in [0.1, 0.15) is 0 Å². The normalized spacial score (nSPS) is 32.8. The summed E-state index contributed by atoms with van der Waals surface area (Å²) in [6.45, 7) is 6.64. The summed E-state index contributed by atoms with van der Waals surface area (Å²) in [6, 6.07) is 0.739. The SMILES string of the molecule is CC1CCCCC1NCCN1CCS(=O)CC1. The Morgan fingerprint density at radius 3 is 2.65 bits per heavy atom. The van der Waals surface area contributed by atoms with Crippen molar-refractivity contribution >= 4 is 10.8 Å². The molecule has 1 heterocycles. The van der Waals surface area contributed by atoms with Crippen molar-refractivity contribution < 1.29 is 4.21 Å². The monoisotopic (exact) mass is 258 g/mol. The lowest BCUT2D eigenvalue weighted by Gasteiger charge is -2.31. The molecule has 1 saturated heterocycles. The van der Waals surface area contributed by atoms with Crippen LogP contribution in [0.15, 0.2) is 0 Å². The molecule has 0 bridgehead atoms. The van der Waals surface area contributed by atoms with Gasteiger partial charge in [-0.1, -0.05) is 19.8 Å². The average Bonchev–Trinajstić information content (AvgIpc) is 2.34. The van der Waals surface area contributed by atoms with Crippen LogP contribution in [0, 0.1) is 5.92 Å². The lowest BCUT2D eigenvalue weighted by molar-refractivity contribution is 0.251. The highest BCUT2D eigenvalue weighted by molar-refractivity contribution is 7.85. The van der Waals surface area contributed by atoms with Gasteiger partial charge >= 0.3 is 0 Å². The predicted molar refractivity (Wildman–Crippen MR) is 73.7 cm³/mol. The Morgan fingerprint density at radius 2 is 1.94 bits per heavy atom. The molecule has 100 valence electrons. The van der Waals surface area contributed by atoms with Gasteiger partial charge in [-0.15, -0.1) is 0 Å². The molecular weight excluding hydrogens is 232 g/mol. The minimum absolute atomic E-state index is 0.539. The highest BCUT2D eigenvalue weighted by atomic mass is 32.2. The fourth-order valence-electron chi connectivity index (χ4n) is 2.93. The molecule has 0 spiro atoms. The van der Waals surface area contributed by atoms with Gasteiger partial charge in [0, 0.05) is 54.5 Å². The predicted octanol–water partition coefficient (Wildman–Crippen LogP) is 1.22. The molecule has 1 aliphatic heterocycles. The standard InChI is InChI=1S/C13H26N2OS/c1-12-4-2-3-5-13(12)14-6-7-15-8-10-17(16)11-9-15/h12-14H,2-11H2,1H3. The molecule has 2 fully saturated rings. The molecule has 4 heteroatoms. The van der Waals surface area contributed by atoms with Gasteiger partial charge in [-0.3, -0.25) is 4.21 Å². The summed E-state index contributed by atoms with van der Waals surface area (Å²) in [6.07, 6.45) is 5.55. The van der Waals surface area contributed by atoms with E-state index in [4.69, 9.17) is 0 Å². The number of nitrogens with one attached hydrogen (secondary N) is 1. The van der Waals surface area contributed by atoms with Crippen LogP contribution in [-0.4, -0.2) is 52.8 Å². The van der Waals surface area contributed by atoms with Crippen molar-refractivity contribution in [2.75, 3.05) is 37.7 Å². The van der Waals surface area contributed by atoms with E-state index in [1.54, 1.807) is 0 Å². The number of hydrogen-bond acceptors (Lipinski definition) is 3. The van der Waals surface area contributed by atoms with Crippen molar-refractivity contribution in [3.8, 4) is 0 Å². The Balaban J connectivity index is 1.60. The lowest BCUT2D eigenvalue weighted by Crippen LogP contribution is -2.45. The van der Waals surface area contributed by atoms with Crippen LogP contribution in [0.3, 0.4) is 0 Å². The molecule has 1 aliphatic carbocycles. The van der Waals surface area contributed by atoms with Gasteiger partial charge in [-0.05, 0) is 18.8 Å². The molecule has 0 aromatic carbocycles. The van der Waals surface area contributed by atoms with Gasteiger partial charge in [0.25, 0.3) is 0 Å². The Hall–Kier alpha value is 0.0700. The van der Waals surface area contributed by atoms with Gasteiger partial charge < -0.3 is 10.2 Å². The van der Waals surface area contributed by atoms with Gasteiger partial charge in [0.15, 0.2) is 0 Å². The van der Waals surface area contributed by atoms with E-state index < -0.39 is 10.8 Å². The summed E-state index contributed by atoms with van der Waals surface area (Å²) in [4.78, 5) is 2.45. The zero-order chi connectivity index (χ0) is 12.1. The molecule has 2 unspecified atom stereocenters. The third kappa shape index (κ3) is 4.34. The van der Waals surface area contributed by atoms with Crippen LogP contribution in [0.4, 0.5) is 0 Å². The van der Waals surface area contributed by atoms with Crippen molar-refractivity contribution in [1.29, 1.82) is 0 Å². The second kappa shape index (κ2) is 6.86. The van der Waals surface area contributed by atoms with Gasteiger partial charge in [0.05, 0.1) is 0 Å². The molecule has 1 saturated carbocycles. The molecule has 2 atom stereocenters. The van der Waals surface area contributed by atoms with Crippen molar-refractivity contribution in [2.24, 2.45) is 5.92 Å². The fraction of sp³-hybridized carbons (Fsp3) is 1.00. The molecule has 2 aliphatic rings. The maximum absolute atomic E-state index is 11.2. The maximum atomic E-state index is 11.2. The van der Waals surface area contributed by atoms with E-state index in [1.807, 2.05) is 0 Å². The van der Waals surface area contributed by atoms with Gasteiger partial charge in [-0.25, -0.2) is 0 Å². The van der Waals surface area contributed by atoms with E-state index in [2.05, 4.69) is 17.1 Å². The Morgan fingerprint density at radius 1 is 1.24 bits per heavy atom. The minimum Gasteiger partial charge on any atom is -0.312 e. The molecule has 0 aromatic heterocycles. The Labute approximate surface area is 108 Å². The first-order valence-corrected chi connectivity index (χ1v) is 8.55. The lowest BCUT2D eigenvalue weighted by atomic mass is 9.86. The van der Waals surface area contributed by atoms with Crippen LogP contribution in [0.2, 0.25) is 0 Å². The van der Waals surface area contributed by atoms with Crippen LogP contribution in [0.5, 0.6) is 0 Å².